The standard InChI is InChI=1S/C23H17ClF4N4O4S/c24-13-6-7-17-16(10-13)15-8-12(9-18(15)30-17)22(25,37(34,35)14-4-2-1-3-5-14)21-31-19(32-36-21)11-29-20(33)23(26,27)28/h1-7,10,12,30H,8-9,11H2,(H,29,33)/t12?,22-/m0/s1. The van der Waals surface area contributed by atoms with E-state index in [-0.39, 0.29) is 17.7 Å². The molecule has 2 N–H and O–H groups in total. The summed E-state index contributed by atoms with van der Waals surface area (Å²) in [6.45, 7) is -0.851. The van der Waals surface area contributed by atoms with Crippen LogP contribution in [0.15, 0.2) is 57.9 Å². The zero-order valence-electron chi connectivity index (χ0n) is 18.6. The molecule has 2 aromatic carbocycles. The largest absolute Gasteiger partial charge is 0.471 e. The van der Waals surface area contributed by atoms with Gasteiger partial charge in [0.25, 0.3) is 10.9 Å². The summed E-state index contributed by atoms with van der Waals surface area (Å²) in [7, 11) is -4.81. The lowest BCUT2D eigenvalue weighted by Gasteiger charge is -2.27. The van der Waals surface area contributed by atoms with E-state index in [0.29, 0.717) is 21.7 Å². The van der Waals surface area contributed by atoms with E-state index in [1.54, 1.807) is 29.6 Å². The maximum Gasteiger partial charge on any atom is 0.471 e. The molecule has 0 spiro atoms. The van der Waals surface area contributed by atoms with Gasteiger partial charge in [0.1, 0.15) is 0 Å². The normalized spacial score (nSPS) is 17.5. The Hall–Kier alpha value is -3.45. The van der Waals surface area contributed by atoms with Gasteiger partial charge < -0.3 is 14.8 Å². The van der Waals surface area contributed by atoms with Gasteiger partial charge >= 0.3 is 12.1 Å². The van der Waals surface area contributed by atoms with Gasteiger partial charge in [0.2, 0.25) is 9.84 Å². The summed E-state index contributed by atoms with van der Waals surface area (Å²) in [6.07, 6.45) is -5.22. The van der Waals surface area contributed by atoms with Crippen LogP contribution in [-0.4, -0.2) is 35.6 Å². The maximum atomic E-state index is 17.1. The number of aromatic amines is 1. The van der Waals surface area contributed by atoms with Crippen LogP contribution in [0.2, 0.25) is 5.02 Å². The van der Waals surface area contributed by atoms with Gasteiger partial charge in [-0.05, 0) is 48.7 Å². The second kappa shape index (κ2) is 8.84. The topological polar surface area (TPSA) is 118 Å². The Morgan fingerprint density at radius 2 is 1.86 bits per heavy atom. The highest BCUT2D eigenvalue weighted by Gasteiger charge is 2.59. The lowest BCUT2D eigenvalue weighted by molar-refractivity contribution is -0.173. The summed E-state index contributed by atoms with van der Waals surface area (Å²) in [5.41, 5.74) is 2.05. The summed E-state index contributed by atoms with van der Waals surface area (Å²) in [5.74, 6) is -4.95. The average molecular weight is 557 g/mol. The first-order chi connectivity index (χ1) is 17.4. The van der Waals surface area contributed by atoms with Crippen LogP contribution in [0.4, 0.5) is 17.6 Å². The summed E-state index contributed by atoms with van der Waals surface area (Å²) >= 11 is 6.12. The number of nitrogens with zero attached hydrogens (tertiary/aromatic N) is 2. The van der Waals surface area contributed by atoms with Gasteiger partial charge in [0.05, 0.1) is 11.4 Å². The Morgan fingerprint density at radius 3 is 2.57 bits per heavy atom. The average Bonchev–Trinajstić information content (AvgIpc) is 3.57. The number of carbonyl (C=O) groups is 1. The number of alkyl halides is 4. The number of amides is 1. The predicted octanol–water partition coefficient (Wildman–Crippen LogP) is 4.39. The van der Waals surface area contributed by atoms with Crippen molar-refractivity contribution in [3.05, 3.63) is 76.5 Å². The molecule has 14 heteroatoms. The lowest BCUT2D eigenvalue weighted by Crippen LogP contribution is -2.40. The minimum absolute atomic E-state index is 0.0270. The molecule has 8 nitrogen and oxygen atoms in total. The van der Waals surface area contributed by atoms with Crippen molar-refractivity contribution in [3.63, 3.8) is 0 Å². The number of benzene rings is 2. The Morgan fingerprint density at radius 1 is 1.14 bits per heavy atom. The Kier molecular flexibility index (Phi) is 6.02. The highest BCUT2D eigenvalue weighted by atomic mass is 35.5. The Bertz CT molecular complexity index is 1600. The number of hydrogen-bond donors (Lipinski definition) is 2. The van der Waals surface area contributed by atoms with Crippen LogP contribution in [0.3, 0.4) is 0 Å². The van der Waals surface area contributed by atoms with E-state index in [1.807, 2.05) is 0 Å². The first kappa shape index (κ1) is 25.2. The fourth-order valence-corrected chi connectivity index (χ4v) is 6.46. The summed E-state index contributed by atoms with van der Waals surface area (Å²) in [5, 5.41) is 2.88. The Labute approximate surface area is 211 Å². The number of halogens is 5. The van der Waals surface area contributed by atoms with Crippen molar-refractivity contribution >= 4 is 38.2 Å². The maximum absolute atomic E-state index is 17.1. The predicted molar refractivity (Wildman–Crippen MR) is 123 cm³/mol. The third kappa shape index (κ3) is 4.25. The number of sulfone groups is 1. The van der Waals surface area contributed by atoms with Crippen LogP contribution in [-0.2, 0) is 39.0 Å². The van der Waals surface area contributed by atoms with Crippen LogP contribution in [0, 0.1) is 5.92 Å². The van der Waals surface area contributed by atoms with Gasteiger partial charge in [-0.2, -0.15) is 18.2 Å². The quantitative estimate of drug-likeness (QED) is 0.340. The molecule has 2 heterocycles. The molecule has 194 valence electrons. The van der Waals surface area contributed by atoms with E-state index >= 15 is 4.39 Å². The fourth-order valence-electron chi connectivity index (χ4n) is 4.51. The number of nitrogens with one attached hydrogen (secondary N) is 2. The highest BCUT2D eigenvalue weighted by Crippen LogP contribution is 2.49. The van der Waals surface area contributed by atoms with E-state index < -0.39 is 51.1 Å². The van der Waals surface area contributed by atoms with Gasteiger partial charge in [-0.15, -0.1) is 0 Å². The number of fused-ring (bicyclic) bond motifs is 3. The second-order valence-corrected chi connectivity index (χ2v) is 11.0. The minimum atomic E-state index is -5.16. The SMILES string of the molecule is O=C(NCc1noc([C@](F)(C2Cc3[nH]c4ccc(Cl)cc4c3C2)S(=O)(=O)c2ccccc2)n1)C(F)(F)F. The van der Waals surface area contributed by atoms with E-state index in [2.05, 4.69) is 15.1 Å². The molecule has 2 aromatic heterocycles. The second-order valence-electron chi connectivity index (χ2n) is 8.53. The smallest absolute Gasteiger partial charge is 0.358 e. The van der Waals surface area contributed by atoms with Crippen molar-refractivity contribution in [2.75, 3.05) is 0 Å². The number of carbonyl (C=O) groups excluding carboxylic acids is 1. The summed E-state index contributed by atoms with van der Waals surface area (Å²) in [6, 6.07) is 12.0. The molecule has 5 rings (SSSR count). The molecule has 0 radical (unpaired) electrons. The monoisotopic (exact) mass is 556 g/mol. The molecule has 1 aliphatic carbocycles. The number of hydrogen-bond acceptors (Lipinski definition) is 6. The van der Waals surface area contributed by atoms with Crippen LogP contribution in [0.1, 0.15) is 23.0 Å². The molecule has 1 unspecified atom stereocenters. The van der Waals surface area contributed by atoms with E-state index in [4.69, 9.17) is 16.1 Å². The third-order valence-electron chi connectivity index (χ3n) is 6.25. The molecule has 0 fully saturated rings. The molecule has 1 amide bonds. The first-order valence-corrected chi connectivity index (χ1v) is 12.7. The summed E-state index contributed by atoms with van der Waals surface area (Å²) < 4.78 is 87.0. The van der Waals surface area contributed by atoms with Gasteiger partial charge in [-0.25, -0.2) is 12.8 Å². The molecule has 37 heavy (non-hydrogen) atoms. The fraction of sp³-hybridized carbons (Fsp3) is 0.261. The van der Waals surface area contributed by atoms with E-state index in [1.165, 1.54) is 24.3 Å². The molecule has 0 saturated carbocycles. The van der Waals surface area contributed by atoms with Crippen LogP contribution >= 0.6 is 11.6 Å². The molecule has 0 aliphatic heterocycles. The molecular weight excluding hydrogens is 540 g/mol. The zero-order valence-corrected chi connectivity index (χ0v) is 20.2. The number of H-pyrrole nitrogens is 1. The number of aromatic nitrogens is 3. The van der Waals surface area contributed by atoms with Crippen LogP contribution in [0.5, 0.6) is 0 Å². The van der Waals surface area contributed by atoms with Crippen LogP contribution < -0.4 is 5.32 Å². The van der Waals surface area contributed by atoms with Crippen LogP contribution in [0.25, 0.3) is 10.9 Å². The molecule has 1 aliphatic rings. The van der Waals surface area contributed by atoms with E-state index in [0.717, 1.165) is 5.52 Å². The highest BCUT2D eigenvalue weighted by molar-refractivity contribution is 7.92. The van der Waals surface area contributed by atoms with Crippen molar-refractivity contribution in [2.45, 2.75) is 35.5 Å². The van der Waals surface area contributed by atoms with Gasteiger partial charge in [-0.1, -0.05) is 35.0 Å². The van der Waals surface area contributed by atoms with Crippen molar-refractivity contribution in [1.82, 2.24) is 20.4 Å². The van der Waals surface area contributed by atoms with Gasteiger partial charge in [0, 0.05) is 27.5 Å². The van der Waals surface area contributed by atoms with Crippen molar-refractivity contribution in [2.24, 2.45) is 5.92 Å². The first-order valence-electron chi connectivity index (χ1n) is 10.9. The minimum Gasteiger partial charge on any atom is -0.358 e. The van der Waals surface area contributed by atoms with Gasteiger partial charge in [-0.3, -0.25) is 4.79 Å². The van der Waals surface area contributed by atoms with E-state index in [9.17, 15) is 26.4 Å². The summed E-state index contributed by atoms with van der Waals surface area (Å²) in [4.78, 5) is 17.7. The molecule has 2 atom stereocenters. The lowest BCUT2D eigenvalue weighted by atomic mass is 9.98. The molecular formula is C23H17ClF4N4O4S. The van der Waals surface area contributed by atoms with Gasteiger partial charge in [0.15, 0.2) is 5.82 Å². The zero-order chi connectivity index (χ0) is 26.6. The molecule has 4 aromatic rings. The van der Waals surface area contributed by atoms with Crippen molar-refractivity contribution in [3.8, 4) is 0 Å². The Balaban J connectivity index is 1.54. The molecule has 0 saturated heterocycles. The molecule has 0 bridgehead atoms. The van der Waals surface area contributed by atoms with Crippen molar-refractivity contribution < 1.29 is 35.3 Å². The van der Waals surface area contributed by atoms with Crippen molar-refractivity contribution in [1.29, 1.82) is 0 Å². The number of rotatable bonds is 6. The third-order valence-corrected chi connectivity index (χ3v) is 8.67.